The van der Waals surface area contributed by atoms with Crippen LogP contribution in [0.4, 0.5) is 17.5 Å². The molecule has 0 spiro atoms. The molecule has 1 aliphatic rings. The second-order valence-electron chi connectivity index (χ2n) is 6.73. The van der Waals surface area contributed by atoms with Crippen molar-refractivity contribution < 1.29 is 0 Å². The second-order valence-corrected chi connectivity index (χ2v) is 6.73. The molecular weight excluding hydrogens is 348 g/mol. The number of fused-ring (bicyclic) bond motifs is 3. The minimum atomic E-state index is -0.0300. The van der Waals surface area contributed by atoms with E-state index in [1.54, 1.807) is 6.20 Å². The Morgan fingerprint density at radius 1 is 0.821 bits per heavy atom. The Morgan fingerprint density at radius 2 is 1.46 bits per heavy atom. The zero-order valence-electron chi connectivity index (χ0n) is 15.0. The van der Waals surface area contributed by atoms with Gasteiger partial charge in [-0.2, -0.15) is 9.97 Å². The lowest BCUT2D eigenvalue weighted by molar-refractivity contribution is 0.934. The number of aromatic nitrogens is 3. The number of nitrogens with one attached hydrogen (secondary N) is 1. The highest BCUT2D eigenvalue weighted by molar-refractivity contribution is 5.88. The van der Waals surface area contributed by atoms with Crippen molar-refractivity contribution in [1.82, 2.24) is 15.0 Å². The summed E-state index contributed by atoms with van der Waals surface area (Å²) in [5, 5.41) is 4.30. The van der Waals surface area contributed by atoms with Crippen LogP contribution >= 0.6 is 0 Å². The van der Waals surface area contributed by atoms with Gasteiger partial charge in [0, 0.05) is 0 Å². The van der Waals surface area contributed by atoms with Gasteiger partial charge < -0.3 is 16.8 Å². The highest BCUT2D eigenvalue weighted by atomic mass is 15.1. The maximum atomic E-state index is 6.03. The number of hydrogen-bond donors (Lipinski definition) is 3. The molecule has 6 heteroatoms. The molecule has 2 aromatic heterocycles. The summed E-state index contributed by atoms with van der Waals surface area (Å²) < 4.78 is 0. The molecule has 136 valence electrons. The molecular formula is C22H18N6. The number of hydrogen-bond acceptors (Lipinski definition) is 6. The van der Waals surface area contributed by atoms with Gasteiger partial charge in [0.25, 0.3) is 0 Å². The SMILES string of the molecule is Nc1nc(N)c2cc(NC3c4ccccc4C=Cc4ccccc43)cnc2n1. The van der Waals surface area contributed by atoms with Gasteiger partial charge in [-0.05, 0) is 28.3 Å². The van der Waals surface area contributed by atoms with Gasteiger partial charge in [0.15, 0.2) is 5.65 Å². The lowest BCUT2D eigenvalue weighted by Gasteiger charge is -2.23. The Bertz CT molecular complexity index is 1180. The van der Waals surface area contributed by atoms with Crippen molar-refractivity contribution >= 4 is 40.6 Å². The molecule has 0 radical (unpaired) electrons. The number of anilines is 3. The predicted molar refractivity (Wildman–Crippen MR) is 113 cm³/mol. The smallest absolute Gasteiger partial charge is 0.224 e. The maximum absolute atomic E-state index is 6.03. The van der Waals surface area contributed by atoms with Crippen molar-refractivity contribution in [1.29, 1.82) is 0 Å². The highest BCUT2D eigenvalue weighted by Crippen LogP contribution is 2.35. The van der Waals surface area contributed by atoms with E-state index >= 15 is 0 Å². The van der Waals surface area contributed by atoms with Crippen LogP contribution in [0.25, 0.3) is 23.2 Å². The molecule has 28 heavy (non-hydrogen) atoms. The molecule has 2 heterocycles. The molecule has 0 amide bonds. The van der Waals surface area contributed by atoms with Crippen molar-refractivity contribution in [3.63, 3.8) is 0 Å². The first kappa shape index (κ1) is 16.3. The first-order chi connectivity index (χ1) is 13.7. The molecule has 0 saturated carbocycles. The van der Waals surface area contributed by atoms with Crippen LogP contribution in [0.1, 0.15) is 28.3 Å². The van der Waals surface area contributed by atoms with Gasteiger partial charge in [-0.3, -0.25) is 0 Å². The van der Waals surface area contributed by atoms with Crippen molar-refractivity contribution in [3.05, 3.63) is 83.0 Å². The third kappa shape index (κ3) is 2.72. The fraction of sp³-hybridized carbons (Fsp3) is 0.0455. The summed E-state index contributed by atoms with van der Waals surface area (Å²) in [6, 6.07) is 18.6. The lowest BCUT2D eigenvalue weighted by Crippen LogP contribution is -2.14. The zero-order valence-corrected chi connectivity index (χ0v) is 15.0. The lowest BCUT2D eigenvalue weighted by atomic mass is 9.94. The molecule has 0 atom stereocenters. The van der Waals surface area contributed by atoms with Crippen LogP contribution in [-0.4, -0.2) is 15.0 Å². The summed E-state index contributed by atoms with van der Waals surface area (Å²) in [6.45, 7) is 0. The van der Waals surface area contributed by atoms with E-state index < -0.39 is 0 Å². The molecule has 2 aromatic carbocycles. The molecule has 0 fully saturated rings. The fourth-order valence-corrected chi connectivity index (χ4v) is 3.65. The van der Waals surface area contributed by atoms with E-state index in [0.29, 0.717) is 16.9 Å². The Hall–Kier alpha value is -3.93. The van der Waals surface area contributed by atoms with Gasteiger partial charge in [-0.1, -0.05) is 60.7 Å². The summed E-state index contributed by atoms with van der Waals surface area (Å²) in [4.78, 5) is 12.6. The Morgan fingerprint density at radius 3 is 2.14 bits per heavy atom. The van der Waals surface area contributed by atoms with Crippen molar-refractivity contribution in [2.45, 2.75) is 6.04 Å². The maximum Gasteiger partial charge on any atom is 0.224 e. The Balaban J connectivity index is 1.63. The van der Waals surface area contributed by atoms with Gasteiger partial charge in [-0.25, -0.2) is 4.98 Å². The third-order valence-electron chi connectivity index (χ3n) is 4.97. The minimum Gasteiger partial charge on any atom is -0.383 e. The molecule has 6 nitrogen and oxygen atoms in total. The van der Waals surface area contributed by atoms with Gasteiger partial charge in [0.1, 0.15) is 5.82 Å². The Labute approximate surface area is 162 Å². The van der Waals surface area contributed by atoms with Crippen LogP contribution in [0.2, 0.25) is 0 Å². The average Bonchev–Trinajstić information content (AvgIpc) is 2.86. The first-order valence-corrected chi connectivity index (χ1v) is 9.00. The predicted octanol–water partition coefficient (Wildman–Crippen LogP) is 3.87. The molecule has 4 aromatic rings. The van der Waals surface area contributed by atoms with E-state index in [1.165, 1.54) is 22.3 Å². The van der Waals surface area contributed by atoms with Crippen LogP contribution in [0.3, 0.4) is 0 Å². The summed E-state index contributed by atoms with van der Waals surface area (Å²) in [6.07, 6.45) is 6.06. The van der Waals surface area contributed by atoms with E-state index in [4.69, 9.17) is 11.5 Å². The number of nitrogens with two attached hydrogens (primary N) is 2. The van der Waals surface area contributed by atoms with Crippen molar-refractivity contribution in [2.75, 3.05) is 16.8 Å². The monoisotopic (exact) mass is 366 g/mol. The van der Waals surface area contributed by atoms with Crippen LogP contribution in [-0.2, 0) is 0 Å². The standard InChI is InChI=1S/C22H18N6/c23-20-18-11-15(12-25-21(18)28-22(24)27-20)26-19-16-7-3-1-5-13(16)9-10-14-6-2-4-8-17(14)19/h1-12,19,26H,(H4,23,24,25,27,28). The number of pyridine rings is 1. The van der Waals surface area contributed by atoms with Gasteiger partial charge in [0.2, 0.25) is 5.95 Å². The van der Waals surface area contributed by atoms with Crippen LogP contribution in [0, 0.1) is 0 Å². The molecule has 0 aliphatic heterocycles. The number of nitrogens with zero attached hydrogens (tertiary/aromatic N) is 3. The summed E-state index contributed by atoms with van der Waals surface area (Å²) >= 11 is 0. The summed E-state index contributed by atoms with van der Waals surface area (Å²) in [7, 11) is 0. The third-order valence-corrected chi connectivity index (χ3v) is 4.97. The quantitative estimate of drug-likeness (QED) is 0.497. The van der Waals surface area contributed by atoms with E-state index in [-0.39, 0.29) is 12.0 Å². The van der Waals surface area contributed by atoms with E-state index in [1.807, 2.05) is 6.07 Å². The summed E-state index contributed by atoms with van der Waals surface area (Å²) in [5.41, 5.74) is 17.8. The van der Waals surface area contributed by atoms with Crippen molar-refractivity contribution in [2.24, 2.45) is 0 Å². The molecule has 0 bridgehead atoms. The molecule has 1 aliphatic carbocycles. The topological polar surface area (TPSA) is 103 Å². The van der Waals surface area contributed by atoms with Crippen molar-refractivity contribution in [3.8, 4) is 0 Å². The van der Waals surface area contributed by atoms with Crippen LogP contribution < -0.4 is 16.8 Å². The van der Waals surface area contributed by atoms with E-state index in [2.05, 4.69) is 81.0 Å². The molecule has 0 unspecified atom stereocenters. The number of rotatable bonds is 2. The Kier molecular flexibility index (Phi) is 3.69. The average molecular weight is 366 g/mol. The van der Waals surface area contributed by atoms with Crippen LogP contribution in [0.5, 0.6) is 0 Å². The number of benzene rings is 2. The van der Waals surface area contributed by atoms with Gasteiger partial charge in [-0.15, -0.1) is 0 Å². The highest BCUT2D eigenvalue weighted by Gasteiger charge is 2.21. The largest absolute Gasteiger partial charge is 0.383 e. The molecule has 5 N–H and O–H groups in total. The van der Waals surface area contributed by atoms with Gasteiger partial charge in [0.05, 0.1) is 23.3 Å². The first-order valence-electron chi connectivity index (χ1n) is 9.00. The fourth-order valence-electron chi connectivity index (χ4n) is 3.65. The minimum absolute atomic E-state index is 0.0300. The molecule has 5 rings (SSSR count). The van der Waals surface area contributed by atoms with Crippen LogP contribution in [0.15, 0.2) is 60.8 Å². The van der Waals surface area contributed by atoms with Gasteiger partial charge >= 0.3 is 0 Å². The second kappa shape index (κ2) is 6.35. The normalized spacial score (nSPS) is 13.0. The van der Waals surface area contributed by atoms with E-state index in [9.17, 15) is 0 Å². The number of nitrogen functional groups attached to an aromatic ring is 2. The summed E-state index contributed by atoms with van der Waals surface area (Å²) in [5.74, 6) is 0.442. The zero-order chi connectivity index (χ0) is 19.1. The van der Waals surface area contributed by atoms with E-state index in [0.717, 1.165) is 5.69 Å². The molecule has 0 saturated heterocycles.